The van der Waals surface area contributed by atoms with Gasteiger partial charge in [0.15, 0.2) is 0 Å². The molecule has 0 amide bonds. The summed E-state index contributed by atoms with van der Waals surface area (Å²) in [7, 11) is 0. The molecule has 2 atom stereocenters. The Bertz CT molecular complexity index is 179. The highest BCUT2D eigenvalue weighted by atomic mass is 16.5. The summed E-state index contributed by atoms with van der Waals surface area (Å²) >= 11 is 0. The molecule has 0 aromatic heterocycles. The van der Waals surface area contributed by atoms with E-state index in [2.05, 4.69) is 4.90 Å². The molecule has 1 heterocycles. The van der Waals surface area contributed by atoms with Crippen molar-refractivity contribution in [1.82, 2.24) is 4.90 Å². The van der Waals surface area contributed by atoms with Gasteiger partial charge in [-0.2, -0.15) is 0 Å². The monoisotopic (exact) mass is 202 g/mol. The quantitative estimate of drug-likeness (QED) is 0.666. The maximum Gasteiger partial charge on any atom is 0.0936 e. The fourth-order valence-electron chi connectivity index (χ4n) is 1.95. The molecule has 3 N–H and O–H groups in total. The number of rotatable bonds is 3. The van der Waals surface area contributed by atoms with E-state index in [1.807, 2.05) is 20.8 Å². The van der Waals surface area contributed by atoms with Gasteiger partial charge in [-0.3, -0.25) is 4.90 Å². The Labute approximate surface area is 86.0 Å². The van der Waals surface area contributed by atoms with Crippen molar-refractivity contribution in [1.29, 1.82) is 0 Å². The molecule has 0 radical (unpaired) electrons. The third-order valence-electron chi connectivity index (χ3n) is 2.24. The zero-order chi connectivity index (χ0) is 10.8. The first kappa shape index (κ1) is 11.9. The van der Waals surface area contributed by atoms with E-state index in [4.69, 9.17) is 15.6 Å². The van der Waals surface area contributed by atoms with Crippen LogP contribution in [-0.4, -0.2) is 54.0 Å². The van der Waals surface area contributed by atoms with Crippen LogP contribution in [0.15, 0.2) is 0 Å². The van der Waals surface area contributed by atoms with Crippen LogP contribution >= 0.6 is 0 Å². The largest absolute Gasteiger partial charge is 0.394 e. The van der Waals surface area contributed by atoms with Gasteiger partial charge in [0.2, 0.25) is 0 Å². The lowest BCUT2D eigenvalue weighted by Gasteiger charge is -2.39. The number of aliphatic hydroxyl groups excluding tert-OH is 1. The second-order valence-corrected chi connectivity index (χ2v) is 4.93. The van der Waals surface area contributed by atoms with E-state index < -0.39 is 0 Å². The average molecular weight is 202 g/mol. The highest BCUT2D eigenvalue weighted by Crippen LogP contribution is 2.13. The van der Waals surface area contributed by atoms with Gasteiger partial charge >= 0.3 is 0 Å². The second kappa shape index (κ2) is 4.57. The minimum absolute atomic E-state index is 0.0545. The first-order valence-corrected chi connectivity index (χ1v) is 5.18. The Balaban J connectivity index is 2.45. The zero-order valence-electron chi connectivity index (χ0n) is 9.36. The van der Waals surface area contributed by atoms with E-state index in [-0.39, 0.29) is 24.4 Å². The van der Waals surface area contributed by atoms with Crippen molar-refractivity contribution in [2.75, 3.05) is 26.2 Å². The molecule has 1 saturated heterocycles. The van der Waals surface area contributed by atoms with Gasteiger partial charge < -0.3 is 15.6 Å². The number of hydrogen-bond donors (Lipinski definition) is 2. The number of nitrogens with two attached hydrogens (primary N) is 1. The van der Waals surface area contributed by atoms with Crippen molar-refractivity contribution in [3.63, 3.8) is 0 Å². The fourth-order valence-corrected chi connectivity index (χ4v) is 1.95. The van der Waals surface area contributed by atoms with Crippen LogP contribution in [0.3, 0.4) is 0 Å². The highest BCUT2D eigenvalue weighted by Gasteiger charge is 2.27. The Kier molecular flexibility index (Phi) is 3.89. The summed E-state index contributed by atoms with van der Waals surface area (Å²) in [6, 6.07) is 0. The van der Waals surface area contributed by atoms with Gasteiger partial charge in [0.1, 0.15) is 0 Å². The second-order valence-electron chi connectivity index (χ2n) is 4.93. The number of nitrogens with zero attached hydrogens (tertiary/aromatic N) is 1. The number of aliphatic hydroxyl groups is 1. The van der Waals surface area contributed by atoms with Gasteiger partial charge in [0, 0.05) is 25.2 Å². The van der Waals surface area contributed by atoms with Crippen LogP contribution in [0.4, 0.5) is 0 Å². The SMILES string of the molecule is CC1CN(CC(C)(C)N)CC(CO)O1. The summed E-state index contributed by atoms with van der Waals surface area (Å²) < 4.78 is 5.55. The predicted molar refractivity (Wildman–Crippen MR) is 56.1 cm³/mol. The molecule has 1 rings (SSSR count). The van der Waals surface area contributed by atoms with Gasteiger partial charge in [-0.05, 0) is 20.8 Å². The maximum absolute atomic E-state index is 9.04. The summed E-state index contributed by atoms with van der Waals surface area (Å²) in [5.74, 6) is 0. The van der Waals surface area contributed by atoms with Gasteiger partial charge in [0.25, 0.3) is 0 Å². The zero-order valence-corrected chi connectivity index (χ0v) is 9.36. The lowest BCUT2D eigenvalue weighted by molar-refractivity contribution is -0.0978. The molecule has 0 saturated carbocycles. The van der Waals surface area contributed by atoms with Gasteiger partial charge in [-0.15, -0.1) is 0 Å². The molecule has 84 valence electrons. The van der Waals surface area contributed by atoms with Crippen LogP contribution in [0.25, 0.3) is 0 Å². The fraction of sp³-hybridized carbons (Fsp3) is 1.00. The van der Waals surface area contributed by atoms with Crippen molar-refractivity contribution in [3.8, 4) is 0 Å². The van der Waals surface area contributed by atoms with Crippen LogP contribution in [0, 0.1) is 0 Å². The molecule has 1 aliphatic rings. The van der Waals surface area contributed by atoms with Gasteiger partial charge in [-0.1, -0.05) is 0 Å². The molecular formula is C10H22N2O2. The number of hydrogen-bond acceptors (Lipinski definition) is 4. The predicted octanol–water partition coefficient (Wildman–Crippen LogP) is -0.195. The molecule has 1 aliphatic heterocycles. The first-order valence-electron chi connectivity index (χ1n) is 5.18. The Hall–Kier alpha value is -0.160. The molecule has 0 spiro atoms. The van der Waals surface area contributed by atoms with Crippen molar-refractivity contribution >= 4 is 0 Å². The van der Waals surface area contributed by atoms with Crippen molar-refractivity contribution < 1.29 is 9.84 Å². The normalized spacial score (nSPS) is 30.6. The van der Waals surface area contributed by atoms with E-state index in [0.717, 1.165) is 19.6 Å². The number of morpholine rings is 1. The van der Waals surface area contributed by atoms with E-state index in [0.29, 0.717) is 0 Å². The summed E-state index contributed by atoms with van der Waals surface area (Å²) in [4.78, 5) is 2.26. The topological polar surface area (TPSA) is 58.7 Å². The first-order chi connectivity index (χ1) is 6.40. The molecular weight excluding hydrogens is 180 g/mol. The van der Waals surface area contributed by atoms with Crippen LogP contribution in [0.5, 0.6) is 0 Å². The molecule has 4 nitrogen and oxygen atoms in total. The van der Waals surface area contributed by atoms with E-state index in [1.165, 1.54) is 0 Å². The molecule has 2 unspecified atom stereocenters. The molecule has 4 heteroatoms. The highest BCUT2D eigenvalue weighted by molar-refractivity contribution is 4.82. The van der Waals surface area contributed by atoms with Crippen molar-refractivity contribution in [2.45, 2.75) is 38.5 Å². The smallest absolute Gasteiger partial charge is 0.0936 e. The number of ether oxygens (including phenoxy) is 1. The van der Waals surface area contributed by atoms with Crippen LogP contribution in [0.1, 0.15) is 20.8 Å². The average Bonchev–Trinajstić information content (AvgIpc) is 1.99. The summed E-state index contributed by atoms with van der Waals surface area (Å²) in [5.41, 5.74) is 5.77. The van der Waals surface area contributed by atoms with Crippen LogP contribution < -0.4 is 5.73 Å². The lowest BCUT2D eigenvalue weighted by Crippen LogP contribution is -2.54. The molecule has 0 bridgehead atoms. The lowest BCUT2D eigenvalue weighted by atomic mass is 10.1. The maximum atomic E-state index is 9.04. The minimum atomic E-state index is -0.183. The van der Waals surface area contributed by atoms with Gasteiger partial charge in [0.05, 0.1) is 18.8 Å². The standard InChI is InChI=1S/C10H22N2O2/c1-8-4-12(7-10(2,3)11)5-9(6-13)14-8/h8-9,13H,4-7,11H2,1-3H3. The van der Waals surface area contributed by atoms with Gasteiger partial charge in [-0.25, -0.2) is 0 Å². The molecule has 14 heavy (non-hydrogen) atoms. The minimum Gasteiger partial charge on any atom is -0.394 e. The van der Waals surface area contributed by atoms with E-state index in [1.54, 1.807) is 0 Å². The molecule has 0 aromatic carbocycles. The molecule has 1 fully saturated rings. The summed E-state index contributed by atoms with van der Waals surface area (Å²) in [6.07, 6.45) is 0.129. The molecule has 0 aliphatic carbocycles. The van der Waals surface area contributed by atoms with Crippen LogP contribution in [0.2, 0.25) is 0 Å². The Morgan fingerprint density at radius 3 is 2.64 bits per heavy atom. The van der Waals surface area contributed by atoms with E-state index >= 15 is 0 Å². The Morgan fingerprint density at radius 2 is 2.14 bits per heavy atom. The van der Waals surface area contributed by atoms with Crippen molar-refractivity contribution in [2.24, 2.45) is 5.73 Å². The van der Waals surface area contributed by atoms with Crippen molar-refractivity contribution in [3.05, 3.63) is 0 Å². The Morgan fingerprint density at radius 1 is 1.50 bits per heavy atom. The summed E-state index contributed by atoms with van der Waals surface area (Å²) in [6.45, 7) is 8.67. The third kappa shape index (κ3) is 3.92. The third-order valence-corrected chi connectivity index (χ3v) is 2.24. The summed E-state index contributed by atoms with van der Waals surface area (Å²) in [5, 5.41) is 9.04. The van der Waals surface area contributed by atoms with E-state index in [9.17, 15) is 0 Å². The molecule has 0 aromatic rings. The van der Waals surface area contributed by atoms with Crippen LogP contribution in [-0.2, 0) is 4.74 Å².